The van der Waals surface area contributed by atoms with Crippen LogP contribution in [-0.2, 0) is 11.3 Å². The Kier molecular flexibility index (Phi) is 9.20. The first-order chi connectivity index (χ1) is 29.1. The highest BCUT2D eigenvalue weighted by molar-refractivity contribution is 6.31. The third-order valence-electron chi connectivity index (χ3n) is 10.9. The summed E-state index contributed by atoms with van der Waals surface area (Å²) < 4.78 is 7.29. The highest BCUT2D eigenvalue weighted by Crippen LogP contribution is 2.38. The number of aromatic amines is 1. The maximum absolute atomic E-state index is 12.4. The summed E-state index contributed by atoms with van der Waals surface area (Å²) in [5.41, 5.74) is 15.3. The predicted molar refractivity (Wildman–Crippen MR) is 237 cm³/mol. The summed E-state index contributed by atoms with van der Waals surface area (Å²) in [6.07, 6.45) is 10.8. The number of benzene rings is 5. The monoisotopic (exact) mass is 762 g/mol. The molecule has 8 bridgehead atoms. The number of nitrogens with zero attached hydrogens (tertiary/aromatic N) is 3. The van der Waals surface area contributed by atoms with Crippen LogP contribution in [0.2, 0.25) is 0 Å². The second-order valence-electron chi connectivity index (χ2n) is 14.6. The van der Waals surface area contributed by atoms with Crippen molar-refractivity contribution >= 4 is 39.7 Å². The lowest BCUT2D eigenvalue weighted by atomic mass is 9.96. The summed E-state index contributed by atoms with van der Waals surface area (Å²) in [6, 6.07) is 56.1. The fourth-order valence-electron chi connectivity index (χ4n) is 8.21. The standard InChI is InChI=1S/C53H38N4O2/c1-59-53(58)40-24-22-35(23-25-40)33-57-34-41-32-48(57)52(39-20-12-5-13-21-39)47-31-30-46(56-47)51(38-18-10-4-11-19-38)45-29-28-44(55-45)50(37-16-8-3-9-17-37)43-27-26-42(54-43)49(41)36-14-6-2-7-15-36/h2-32,34,55H,33H2,1H3. The number of carbonyl (C=O) groups excluding carboxylic acids is 1. The van der Waals surface area contributed by atoms with Gasteiger partial charge in [-0.25, -0.2) is 14.8 Å². The van der Waals surface area contributed by atoms with Gasteiger partial charge in [0.25, 0.3) is 0 Å². The summed E-state index contributed by atoms with van der Waals surface area (Å²) >= 11 is 0. The molecule has 0 fully saturated rings. The molecule has 3 aliphatic heterocycles. The highest BCUT2D eigenvalue weighted by Gasteiger charge is 2.25. The summed E-state index contributed by atoms with van der Waals surface area (Å²) in [5, 5.41) is 1.93. The Morgan fingerprint density at radius 3 is 1.47 bits per heavy atom. The Morgan fingerprint density at radius 2 is 0.983 bits per heavy atom. The first-order valence-electron chi connectivity index (χ1n) is 19.7. The molecule has 7 aromatic rings. The van der Waals surface area contributed by atoms with Crippen LogP contribution in [0.15, 0.2) is 216 Å². The fourth-order valence-corrected chi connectivity index (χ4v) is 8.21. The van der Waals surface area contributed by atoms with Gasteiger partial charge in [-0.3, -0.25) is 0 Å². The van der Waals surface area contributed by atoms with E-state index in [1.807, 2.05) is 48.5 Å². The Balaban J connectivity index is 1.31. The molecule has 3 aliphatic rings. The predicted octanol–water partition coefficient (Wildman–Crippen LogP) is 9.30. The molecule has 0 aliphatic carbocycles. The zero-order valence-corrected chi connectivity index (χ0v) is 32.3. The van der Waals surface area contributed by atoms with E-state index < -0.39 is 0 Å². The molecule has 0 atom stereocenters. The lowest BCUT2D eigenvalue weighted by Gasteiger charge is -2.15. The summed E-state index contributed by atoms with van der Waals surface area (Å²) in [6.45, 7) is 0.542. The average molecular weight is 763 g/mol. The van der Waals surface area contributed by atoms with Gasteiger partial charge in [0, 0.05) is 51.3 Å². The maximum atomic E-state index is 12.4. The molecule has 10 rings (SSSR count). The SMILES string of the molecule is COC(=O)c1ccc(Cn2cc3cc2C(c2ccccc2)=C2C=CC(=N2)C(c2ccccc2)=c2ccc([nH]2)=C(c2ccccc2)C2=NC(=C3c3ccccc3)C=C2)cc1. The van der Waals surface area contributed by atoms with Crippen molar-refractivity contribution in [1.29, 1.82) is 0 Å². The van der Waals surface area contributed by atoms with Crippen molar-refractivity contribution < 1.29 is 9.53 Å². The minimum Gasteiger partial charge on any atom is -0.465 e. The first kappa shape index (κ1) is 35.6. The molecule has 1 N–H and O–H groups in total. The number of aliphatic imine (C=N–C) groups is 2. The number of methoxy groups -OCH3 is 1. The van der Waals surface area contributed by atoms with Crippen LogP contribution in [0, 0.1) is 0 Å². The number of nitrogens with one attached hydrogen (secondary N) is 1. The van der Waals surface area contributed by atoms with E-state index >= 15 is 0 Å². The highest BCUT2D eigenvalue weighted by atomic mass is 16.5. The van der Waals surface area contributed by atoms with Gasteiger partial charge < -0.3 is 14.3 Å². The van der Waals surface area contributed by atoms with Gasteiger partial charge in [-0.15, -0.1) is 0 Å². The molecule has 0 amide bonds. The molecule has 5 heterocycles. The van der Waals surface area contributed by atoms with Crippen LogP contribution in [0.25, 0.3) is 22.3 Å². The van der Waals surface area contributed by atoms with E-state index in [4.69, 9.17) is 14.7 Å². The lowest BCUT2D eigenvalue weighted by Crippen LogP contribution is -2.21. The van der Waals surface area contributed by atoms with Crippen molar-refractivity contribution in [2.45, 2.75) is 6.54 Å². The van der Waals surface area contributed by atoms with Crippen molar-refractivity contribution in [3.8, 4) is 0 Å². The van der Waals surface area contributed by atoms with Crippen molar-refractivity contribution in [3.05, 3.63) is 261 Å². The molecule has 0 saturated carbocycles. The first-order valence-corrected chi connectivity index (χ1v) is 19.7. The minimum atomic E-state index is -0.360. The molecule has 6 heteroatoms. The molecule has 0 radical (unpaired) electrons. The van der Waals surface area contributed by atoms with Crippen molar-refractivity contribution in [2.24, 2.45) is 9.98 Å². The van der Waals surface area contributed by atoms with E-state index in [1.165, 1.54) is 7.11 Å². The number of aromatic nitrogens is 2. The maximum Gasteiger partial charge on any atom is 0.337 e. The molecule has 0 unspecified atom stereocenters. The van der Waals surface area contributed by atoms with Crippen LogP contribution in [0.5, 0.6) is 0 Å². The lowest BCUT2D eigenvalue weighted by molar-refractivity contribution is 0.0600. The second kappa shape index (κ2) is 15.3. The van der Waals surface area contributed by atoms with Gasteiger partial charge in [0.1, 0.15) is 0 Å². The van der Waals surface area contributed by atoms with E-state index in [1.54, 1.807) is 0 Å². The van der Waals surface area contributed by atoms with Crippen molar-refractivity contribution in [1.82, 2.24) is 9.55 Å². The number of fused-ring (bicyclic) bond motifs is 6. The molecular formula is C53H38N4O2. The van der Waals surface area contributed by atoms with E-state index in [-0.39, 0.29) is 5.97 Å². The number of esters is 1. The molecule has 0 saturated heterocycles. The van der Waals surface area contributed by atoms with Gasteiger partial charge in [-0.2, -0.15) is 0 Å². The Labute approximate surface area is 342 Å². The minimum absolute atomic E-state index is 0.360. The normalized spacial score (nSPS) is 14.5. The van der Waals surface area contributed by atoms with Crippen LogP contribution >= 0.6 is 0 Å². The largest absolute Gasteiger partial charge is 0.465 e. The Hall–Kier alpha value is -7.83. The number of H-pyrrole nitrogens is 1. The van der Waals surface area contributed by atoms with Crippen LogP contribution in [0.3, 0.4) is 0 Å². The summed E-state index contributed by atoms with van der Waals surface area (Å²) in [7, 11) is 1.40. The van der Waals surface area contributed by atoms with E-state index in [0.717, 1.165) is 94.9 Å². The quantitative estimate of drug-likeness (QED) is 0.165. The van der Waals surface area contributed by atoms with Gasteiger partial charge in [-0.1, -0.05) is 133 Å². The number of hydrogen-bond donors (Lipinski definition) is 1. The number of hydrogen-bond acceptors (Lipinski definition) is 4. The number of rotatable bonds is 7. The average Bonchev–Trinajstić information content (AvgIpc) is 4.13. The molecule has 282 valence electrons. The van der Waals surface area contributed by atoms with Crippen LogP contribution < -0.4 is 10.7 Å². The number of ether oxygens (including phenoxy) is 1. The Bertz CT molecular complexity index is 3070. The van der Waals surface area contributed by atoms with E-state index in [0.29, 0.717) is 12.1 Å². The summed E-state index contributed by atoms with van der Waals surface area (Å²) in [5.74, 6) is -0.360. The van der Waals surface area contributed by atoms with Crippen LogP contribution in [0.1, 0.15) is 49.4 Å². The van der Waals surface area contributed by atoms with E-state index in [2.05, 4.69) is 155 Å². The Morgan fingerprint density at radius 1 is 0.525 bits per heavy atom. The van der Waals surface area contributed by atoms with Gasteiger partial charge in [0.15, 0.2) is 0 Å². The second-order valence-corrected chi connectivity index (χ2v) is 14.6. The molecule has 59 heavy (non-hydrogen) atoms. The van der Waals surface area contributed by atoms with E-state index in [9.17, 15) is 4.79 Å². The third-order valence-corrected chi connectivity index (χ3v) is 10.9. The number of allylic oxidation sites excluding steroid dienone is 4. The van der Waals surface area contributed by atoms with Crippen molar-refractivity contribution in [2.75, 3.05) is 7.11 Å². The molecular weight excluding hydrogens is 725 g/mol. The van der Waals surface area contributed by atoms with Gasteiger partial charge >= 0.3 is 5.97 Å². The fraction of sp³-hybridized carbons (Fsp3) is 0.0377. The van der Waals surface area contributed by atoms with Gasteiger partial charge in [0.05, 0.1) is 41.2 Å². The summed E-state index contributed by atoms with van der Waals surface area (Å²) in [4.78, 5) is 27.1. The zero-order chi connectivity index (χ0) is 39.7. The molecule has 6 nitrogen and oxygen atoms in total. The molecule has 0 spiro atoms. The van der Waals surface area contributed by atoms with Crippen LogP contribution in [-0.4, -0.2) is 34.1 Å². The van der Waals surface area contributed by atoms with Gasteiger partial charge in [0.2, 0.25) is 0 Å². The zero-order valence-electron chi connectivity index (χ0n) is 32.3. The smallest absolute Gasteiger partial charge is 0.337 e. The molecule has 2 aromatic heterocycles. The number of carbonyl (C=O) groups is 1. The van der Waals surface area contributed by atoms with Crippen molar-refractivity contribution in [3.63, 3.8) is 0 Å². The molecule has 5 aromatic carbocycles. The topological polar surface area (TPSA) is 71.7 Å². The van der Waals surface area contributed by atoms with Crippen LogP contribution in [0.4, 0.5) is 0 Å². The van der Waals surface area contributed by atoms with Gasteiger partial charge in [-0.05, 0) is 82.5 Å². The third kappa shape index (κ3) is 6.77.